The van der Waals surface area contributed by atoms with E-state index < -0.39 is 0 Å². The van der Waals surface area contributed by atoms with Gasteiger partial charge in [0.15, 0.2) is 0 Å². The Labute approximate surface area is 133 Å². The van der Waals surface area contributed by atoms with Crippen LogP contribution in [0, 0.1) is 23.2 Å². The van der Waals surface area contributed by atoms with Crippen molar-refractivity contribution in [2.24, 2.45) is 23.2 Å². The Hall–Kier alpha value is -0.0800. The van der Waals surface area contributed by atoms with Crippen LogP contribution in [0.25, 0.3) is 0 Å². The molecule has 5 atom stereocenters. The Bertz CT molecular complexity index is 357. The van der Waals surface area contributed by atoms with Crippen LogP contribution in [0.15, 0.2) is 0 Å². The van der Waals surface area contributed by atoms with Crippen LogP contribution in [0.2, 0.25) is 0 Å². The summed E-state index contributed by atoms with van der Waals surface area (Å²) in [5.41, 5.74) is 0.475. The quantitative estimate of drug-likeness (QED) is 0.748. The summed E-state index contributed by atoms with van der Waals surface area (Å²) in [6.07, 6.45) is 9.46. The molecule has 1 aliphatic heterocycles. The minimum atomic E-state index is 0.226. The lowest BCUT2D eigenvalue weighted by atomic mass is 9.62. The average Bonchev–Trinajstić information content (AvgIpc) is 2.87. The molecule has 0 aromatic carbocycles. The van der Waals surface area contributed by atoms with E-state index in [1.165, 1.54) is 45.1 Å². The standard InChI is InChI=1S/C19H35NO/c1-16(6-5-11-20-12-14-21-15-13-20)18-9-8-17-7-3-4-10-19(17,18)2/h16-18H,3-15H2,1-2H3/t16-,17+,18-,19-/m1/s1/i7D/t7?,16-,17+,18-,19-. The molecule has 0 N–H and O–H groups in total. The van der Waals surface area contributed by atoms with Crippen molar-refractivity contribution in [3.8, 4) is 0 Å². The van der Waals surface area contributed by atoms with Gasteiger partial charge in [0.05, 0.1) is 13.2 Å². The summed E-state index contributed by atoms with van der Waals surface area (Å²) < 4.78 is 13.8. The van der Waals surface area contributed by atoms with Gasteiger partial charge in [-0.15, -0.1) is 0 Å². The van der Waals surface area contributed by atoms with Gasteiger partial charge >= 0.3 is 0 Å². The highest BCUT2D eigenvalue weighted by Crippen LogP contribution is 2.58. The Morgan fingerprint density at radius 2 is 2.10 bits per heavy atom. The fourth-order valence-corrected chi connectivity index (χ4v) is 5.45. The van der Waals surface area contributed by atoms with E-state index in [1.54, 1.807) is 0 Å². The number of hydrogen-bond donors (Lipinski definition) is 0. The topological polar surface area (TPSA) is 12.5 Å². The van der Waals surface area contributed by atoms with E-state index in [0.29, 0.717) is 11.3 Å². The van der Waals surface area contributed by atoms with Gasteiger partial charge in [-0.05, 0) is 68.2 Å². The third-order valence-corrected chi connectivity index (χ3v) is 6.78. The maximum Gasteiger partial charge on any atom is 0.0594 e. The maximum atomic E-state index is 8.41. The van der Waals surface area contributed by atoms with Crippen molar-refractivity contribution in [3.63, 3.8) is 0 Å². The zero-order valence-corrected chi connectivity index (χ0v) is 14.2. The zero-order valence-electron chi connectivity index (χ0n) is 15.2. The lowest BCUT2D eigenvalue weighted by Crippen LogP contribution is -2.37. The second-order valence-electron chi connectivity index (χ2n) is 8.00. The van der Waals surface area contributed by atoms with Crippen molar-refractivity contribution in [1.82, 2.24) is 4.90 Å². The van der Waals surface area contributed by atoms with Crippen molar-refractivity contribution in [2.45, 2.75) is 65.2 Å². The average molecular weight is 295 g/mol. The fourth-order valence-electron chi connectivity index (χ4n) is 5.45. The summed E-state index contributed by atoms with van der Waals surface area (Å²) in [5.74, 6) is 2.39. The monoisotopic (exact) mass is 294 g/mol. The van der Waals surface area contributed by atoms with E-state index >= 15 is 0 Å². The summed E-state index contributed by atoms with van der Waals surface area (Å²) in [5, 5.41) is 0. The summed E-state index contributed by atoms with van der Waals surface area (Å²) in [7, 11) is 0. The predicted molar refractivity (Wildman–Crippen MR) is 88.4 cm³/mol. The van der Waals surface area contributed by atoms with Crippen molar-refractivity contribution >= 4 is 0 Å². The summed E-state index contributed by atoms with van der Waals surface area (Å²) in [6, 6.07) is 0. The zero-order chi connectivity index (χ0) is 15.6. The van der Waals surface area contributed by atoms with Gasteiger partial charge in [-0.3, -0.25) is 4.90 Å². The number of fused-ring (bicyclic) bond motifs is 1. The van der Waals surface area contributed by atoms with Crippen LogP contribution < -0.4 is 0 Å². The molecule has 3 aliphatic rings. The number of rotatable bonds is 5. The third kappa shape index (κ3) is 3.47. The molecule has 21 heavy (non-hydrogen) atoms. The molecule has 0 aromatic rings. The lowest BCUT2D eigenvalue weighted by Gasteiger charge is -2.43. The maximum absolute atomic E-state index is 8.41. The largest absolute Gasteiger partial charge is 0.379 e. The van der Waals surface area contributed by atoms with Crippen LogP contribution in [-0.2, 0) is 4.74 Å². The smallest absolute Gasteiger partial charge is 0.0594 e. The molecule has 0 radical (unpaired) electrons. The first kappa shape index (κ1) is 14.5. The minimum Gasteiger partial charge on any atom is -0.379 e. The Balaban J connectivity index is 1.48. The molecule has 1 heterocycles. The van der Waals surface area contributed by atoms with Crippen LogP contribution >= 0.6 is 0 Å². The van der Waals surface area contributed by atoms with E-state index in [0.717, 1.165) is 44.6 Å². The molecule has 0 bridgehead atoms. The Kier molecular flexibility index (Phi) is 4.84. The van der Waals surface area contributed by atoms with Crippen molar-refractivity contribution in [1.29, 1.82) is 0 Å². The molecule has 122 valence electrons. The molecule has 0 aromatic heterocycles. The van der Waals surface area contributed by atoms with Crippen molar-refractivity contribution < 1.29 is 6.11 Å². The van der Waals surface area contributed by atoms with Gasteiger partial charge < -0.3 is 4.74 Å². The molecule has 3 rings (SSSR count). The van der Waals surface area contributed by atoms with Crippen LogP contribution in [0.4, 0.5) is 0 Å². The van der Waals surface area contributed by atoms with Gasteiger partial charge in [0.25, 0.3) is 0 Å². The first-order valence-electron chi connectivity index (χ1n) is 9.91. The Morgan fingerprint density at radius 1 is 1.29 bits per heavy atom. The second kappa shape index (κ2) is 7.00. The summed E-state index contributed by atoms with van der Waals surface area (Å²) >= 11 is 0. The summed E-state index contributed by atoms with van der Waals surface area (Å²) in [6.45, 7) is 10.4. The fraction of sp³-hybridized carbons (Fsp3) is 1.00. The van der Waals surface area contributed by atoms with Gasteiger partial charge in [-0.1, -0.05) is 26.7 Å². The number of morpholine rings is 1. The minimum absolute atomic E-state index is 0.226. The first-order chi connectivity index (χ1) is 10.6. The molecule has 1 unspecified atom stereocenters. The van der Waals surface area contributed by atoms with Crippen molar-refractivity contribution in [2.75, 3.05) is 32.8 Å². The normalized spacial score (nSPS) is 43.3. The molecular formula is C19H35NO. The van der Waals surface area contributed by atoms with Gasteiger partial charge in [-0.25, -0.2) is 0 Å². The van der Waals surface area contributed by atoms with Crippen molar-refractivity contribution in [3.05, 3.63) is 0 Å². The highest BCUT2D eigenvalue weighted by Gasteiger charge is 2.48. The number of ether oxygens (including phenoxy) is 1. The molecule has 1 saturated heterocycles. The van der Waals surface area contributed by atoms with Gasteiger partial charge in [-0.2, -0.15) is 0 Å². The van der Waals surface area contributed by atoms with Gasteiger partial charge in [0, 0.05) is 14.5 Å². The van der Waals surface area contributed by atoms with E-state index in [-0.39, 0.29) is 6.40 Å². The van der Waals surface area contributed by atoms with Gasteiger partial charge in [0.2, 0.25) is 0 Å². The van der Waals surface area contributed by atoms with Crippen LogP contribution in [0.1, 0.15) is 66.6 Å². The highest BCUT2D eigenvalue weighted by molar-refractivity contribution is 4.98. The predicted octanol–water partition coefficient (Wildman–Crippen LogP) is 4.34. The van der Waals surface area contributed by atoms with Gasteiger partial charge in [0.1, 0.15) is 0 Å². The number of hydrogen-bond acceptors (Lipinski definition) is 2. The van der Waals surface area contributed by atoms with Crippen LogP contribution in [0.5, 0.6) is 0 Å². The summed E-state index contributed by atoms with van der Waals surface area (Å²) in [4.78, 5) is 2.57. The third-order valence-electron chi connectivity index (χ3n) is 6.78. The van der Waals surface area contributed by atoms with E-state index in [4.69, 9.17) is 6.11 Å². The van der Waals surface area contributed by atoms with E-state index in [9.17, 15) is 0 Å². The number of nitrogens with zero attached hydrogens (tertiary/aromatic N) is 1. The first-order valence-corrected chi connectivity index (χ1v) is 9.33. The molecule has 3 fully saturated rings. The van der Waals surface area contributed by atoms with Crippen LogP contribution in [-0.4, -0.2) is 37.7 Å². The highest BCUT2D eigenvalue weighted by atomic mass is 16.5. The second-order valence-corrected chi connectivity index (χ2v) is 8.00. The molecule has 2 heteroatoms. The SMILES string of the molecule is [2H]C1CCC[C@]2(C)[C@@H]1CC[C@@H]2[C@H](C)CCCN1CCOCC1. The molecule has 2 nitrogen and oxygen atoms in total. The molecule has 2 aliphatic carbocycles. The molecule has 0 amide bonds. The Morgan fingerprint density at radius 3 is 2.90 bits per heavy atom. The van der Waals surface area contributed by atoms with Crippen LogP contribution in [0.3, 0.4) is 0 Å². The van der Waals surface area contributed by atoms with E-state index in [2.05, 4.69) is 18.7 Å². The lowest BCUT2D eigenvalue weighted by molar-refractivity contribution is 0.0341. The van der Waals surface area contributed by atoms with E-state index in [1.807, 2.05) is 0 Å². The molecule has 2 saturated carbocycles. The molecule has 0 spiro atoms. The molecular weight excluding hydrogens is 258 g/mol.